The topological polar surface area (TPSA) is 36.9 Å². The van der Waals surface area contributed by atoms with Gasteiger partial charge in [0.1, 0.15) is 0 Å². The molecule has 0 bridgehead atoms. The SMILES string of the molecule is c1cc(CN2CC[C@H](n3cnc4c3CCCC4)C2)c2[nH]ccc2c1. The van der Waals surface area contributed by atoms with Crippen LogP contribution >= 0.6 is 0 Å². The van der Waals surface area contributed by atoms with Crippen molar-refractivity contribution < 1.29 is 0 Å². The van der Waals surface area contributed by atoms with Gasteiger partial charge in [-0.3, -0.25) is 4.90 Å². The van der Waals surface area contributed by atoms with Gasteiger partial charge in [-0.2, -0.15) is 0 Å². The van der Waals surface area contributed by atoms with Crippen LogP contribution in [-0.4, -0.2) is 32.5 Å². The van der Waals surface area contributed by atoms with Crippen LogP contribution in [0, 0.1) is 0 Å². The minimum absolute atomic E-state index is 0.599. The van der Waals surface area contributed by atoms with E-state index in [-0.39, 0.29) is 0 Å². The quantitative estimate of drug-likeness (QED) is 0.799. The van der Waals surface area contributed by atoms with Gasteiger partial charge in [-0.15, -0.1) is 0 Å². The van der Waals surface area contributed by atoms with Crippen molar-refractivity contribution in [2.24, 2.45) is 0 Å². The molecule has 0 unspecified atom stereocenters. The first-order chi connectivity index (χ1) is 11.9. The molecule has 2 aromatic heterocycles. The summed E-state index contributed by atoms with van der Waals surface area (Å²) in [5.41, 5.74) is 5.57. The van der Waals surface area contributed by atoms with E-state index >= 15 is 0 Å². The summed E-state index contributed by atoms with van der Waals surface area (Å²) in [6.07, 6.45) is 10.4. The van der Waals surface area contributed by atoms with E-state index in [9.17, 15) is 0 Å². The van der Waals surface area contributed by atoms with Crippen LogP contribution in [0.5, 0.6) is 0 Å². The molecular formula is C20H24N4. The van der Waals surface area contributed by atoms with Gasteiger partial charge in [-0.05, 0) is 49.1 Å². The Morgan fingerprint density at radius 2 is 2.12 bits per heavy atom. The largest absolute Gasteiger partial charge is 0.361 e. The maximum absolute atomic E-state index is 4.68. The maximum Gasteiger partial charge on any atom is 0.0954 e. The number of likely N-dealkylation sites (tertiary alicyclic amines) is 1. The first-order valence-electron chi connectivity index (χ1n) is 9.20. The Kier molecular flexibility index (Phi) is 3.44. The summed E-state index contributed by atoms with van der Waals surface area (Å²) < 4.78 is 2.49. The molecule has 0 saturated carbocycles. The second-order valence-corrected chi connectivity index (χ2v) is 7.29. The predicted molar refractivity (Wildman–Crippen MR) is 96.1 cm³/mol. The number of nitrogens with one attached hydrogen (secondary N) is 1. The molecule has 1 aliphatic heterocycles. The van der Waals surface area contributed by atoms with E-state index in [1.165, 1.54) is 66.5 Å². The van der Waals surface area contributed by atoms with Crippen molar-refractivity contribution in [1.29, 1.82) is 0 Å². The van der Waals surface area contributed by atoms with Gasteiger partial charge in [0.05, 0.1) is 12.0 Å². The zero-order chi connectivity index (χ0) is 15.9. The molecule has 1 saturated heterocycles. The van der Waals surface area contributed by atoms with Crippen molar-refractivity contribution in [2.75, 3.05) is 13.1 Å². The molecule has 0 amide bonds. The molecule has 1 aliphatic carbocycles. The van der Waals surface area contributed by atoms with E-state index in [1.54, 1.807) is 0 Å². The first-order valence-corrected chi connectivity index (χ1v) is 9.20. The van der Waals surface area contributed by atoms with Crippen molar-refractivity contribution in [3.05, 3.63) is 53.7 Å². The Balaban J connectivity index is 1.34. The number of fused-ring (bicyclic) bond motifs is 2. The number of nitrogens with zero attached hydrogens (tertiary/aromatic N) is 3. The highest BCUT2D eigenvalue weighted by Gasteiger charge is 2.27. The second-order valence-electron chi connectivity index (χ2n) is 7.29. The molecule has 0 radical (unpaired) electrons. The van der Waals surface area contributed by atoms with Crippen LogP contribution in [0.3, 0.4) is 0 Å². The lowest BCUT2D eigenvalue weighted by atomic mass is 10.0. The Bertz CT molecular complexity index is 860. The number of imidazole rings is 1. The van der Waals surface area contributed by atoms with Crippen molar-refractivity contribution in [2.45, 2.75) is 44.7 Å². The van der Waals surface area contributed by atoms with Gasteiger partial charge in [0.15, 0.2) is 0 Å². The monoisotopic (exact) mass is 320 g/mol. The molecular weight excluding hydrogens is 296 g/mol. The fraction of sp³-hybridized carbons (Fsp3) is 0.450. The molecule has 1 atom stereocenters. The summed E-state index contributed by atoms with van der Waals surface area (Å²) in [6.45, 7) is 3.35. The molecule has 3 heterocycles. The number of para-hydroxylation sites is 1. The fourth-order valence-electron chi connectivity index (χ4n) is 4.51. The number of hydrogen-bond acceptors (Lipinski definition) is 2. The zero-order valence-corrected chi connectivity index (χ0v) is 14.0. The average Bonchev–Trinajstić information content (AvgIpc) is 3.34. The van der Waals surface area contributed by atoms with Gasteiger partial charge in [0, 0.05) is 43.1 Å². The average molecular weight is 320 g/mol. The lowest BCUT2D eigenvalue weighted by molar-refractivity contribution is 0.315. The predicted octanol–water partition coefficient (Wildman–Crippen LogP) is 3.69. The fourth-order valence-corrected chi connectivity index (χ4v) is 4.51. The summed E-state index contributed by atoms with van der Waals surface area (Å²) >= 11 is 0. The minimum atomic E-state index is 0.599. The number of aromatic nitrogens is 3. The minimum Gasteiger partial charge on any atom is -0.361 e. The van der Waals surface area contributed by atoms with Crippen molar-refractivity contribution in [1.82, 2.24) is 19.4 Å². The Hall–Kier alpha value is -2.07. The van der Waals surface area contributed by atoms with Gasteiger partial charge in [-0.1, -0.05) is 18.2 Å². The lowest BCUT2D eigenvalue weighted by Crippen LogP contribution is -2.22. The number of aryl methyl sites for hydroxylation is 1. The van der Waals surface area contributed by atoms with E-state index in [0.29, 0.717) is 6.04 Å². The molecule has 4 nitrogen and oxygen atoms in total. The molecule has 3 aromatic rings. The van der Waals surface area contributed by atoms with Gasteiger partial charge < -0.3 is 9.55 Å². The molecule has 24 heavy (non-hydrogen) atoms. The third kappa shape index (κ3) is 2.37. The van der Waals surface area contributed by atoms with Crippen LogP contribution in [0.15, 0.2) is 36.8 Å². The Labute approximate surface area is 142 Å². The van der Waals surface area contributed by atoms with Gasteiger partial charge in [-0.25, -0.2) is 4.98 Å². The van der Waals surface area contributed by atoms with Crippen molar-refractivity contribution in [3.63, 3.8) is 0 Å². The highest BCUT2D eigenvalue weighted by molar-refractivity contribution is 5.82. The zero-order valence-electron chi connectivity index (χ0n) is 14.0. The van der Waals surface area contributed by atoms with E-state index in [2.05, 4.69) is 50.0 Å². The molecule has 1 N–H and O–H groups in total. The number of rotatable bonds is 3. The van der Waals surface area contributed by atoms with Gasteiger partial charge in [0.25, 0.3) is 0 Å². The third-order valence-electron chi connectivity index (χ3n) is 5.77. The standard InChI is InChI=1S/C20H24N4/c1-2-7-19-18(6-1)22-14-24(19)17-9-11-23(13-17)12-16-5-3-4-15-8-10-21-20(15)16/h3-5,8,10,14,17,21H,1-2,6-7,9,11-13H2/t17-/m0/s1. The Morgan fingerprint density at radius 1 is 1.17 bits per heavy atom. The summed E-state index contributed by atoms with van der Waals surface area (Å²) in [5.74, 6) is 0. The number of hydrogen-bond donors (Lipinski definition) is 1. The molecule has 0 spiro atoms. The highest BCUT2D eigenvalue weighted by Crippen LogP contribution is 2.29. The van der Waals surface area contributed by atoms with Gasteiger partial charge >= 0.3 is 0 Å². The number of benzene rings is 1. The van der Waals surface area contributed by atoms with Crippen LogP contribution in [0.1, 0.15) is 42.3 Å². The van der Waals surface area contributed by atoms with Crippen molar-refractivity contribution in [3.8, 4) is 0 Å². The number of aromatic amines is 1. The lowest BCUT2D eigenvalue weighted by Gasteiger charge is -2.20. The summed E-state index contributed by atoms with van der Waals surface area (Å²) in [7, 11) is 0. The van der Waals surface area contributed by atoms with E-state index in [0.717, 1.165) is 13.1 Å². The first kappa shape index (κ1) is 14.3. The van der Waals surface area contributed by atoms with Crippen LogP contribution in [0.2, 0.25) is 0 Å². The third-order valence-corrected chi connectivity index (χ3v) is 5.77. The van der Waals surface area contributed by atoms with E-state index in [4.69, 9.17) is 0 Å². The molecule has 5 rings (SSSR count). The second kappa shape index (κ2) is 5.78. The molecule has 2 aliphatic rings. The number of H-pyrrole nitrogens is 1. The van der Waals surface area contributed by atoms with Crippen LogP contribution in [0.4, 0.5) is 0 Å². The van der Waals surface area contributed by atoms with E-state index in [1.807, 2.05) is 6.20 Å². The van der Waals surface area contributed by atoms with E-state index < -0.39 is 0 Å². The maximum atomic E-state index is 4.68. The van der Waals surface area contributed by atoms with Gasteiger partial charge in [0.2, 0.25) is 0 Å². The molecule has 124 valence electrons. The highest BCUT2D eigenvalue weighted by atomic mass is 15.2. The molecule has 1 aromatic carbocycles. The summed E-state index contributed by atoms with van der Waals surface area (Å²) in [4.78, 5) is 10.7. The van der Waals surface area contributed by atoms with Crippen LogP contribution < -0.4 is 0 Å². The summed E-state index contributed by atoms with van der Waals surface area (Å²) in [5, 5.41) is 1.31. The van der Waals surface area contributed by atoms with Crippen molar-refractivity contribution >= 4 is 10.9 Å². The van der Waals surface area contributed by atoms with Crippen LogP contribution in [0.25, 0.3) is 10.9 Å². The Morgan fingerprint density at radius 3 is 3.12 bits per heavy atom. The molecule has 1 fully saturated rings. The summed E-state index contributed by atoms with van der Waals surface area (Å²) in [6, 6.07) is 9.36. The van der Waals surface area contributed by atoms with Crippen LogP contribution in [-0.2, 0) is 19.4 Å². The molecule has 4 heteroatoms. The normalized spacial score (nSPS) is 21.4. The smallest absolute Gasteiger partial charge is 0.0954 e.